The monoisotopic (exact) mass is 339 g/mol. The molecule has 3 aliphatic rings. The summed E-state index contributed by atoms with van der Waals surface area (Å²) in [5.74, 6) is 0.197. The predicted molar refractivity (Wildman–Crippen MR) is 94.1 cm³/mol. The lowest BCUT2D eigenvalue weighted by atomic mass is 10.0. The molecule has 1 N–H and O–H groups in total. The molecule has 5 heteroatoms. The van der Waals surface area contributed by atoms with Crippen molar-refractivity contribution in [2.45, 2.75) is 50.1 Å². The highest BCUT2D eigenvalue weighted by atomic mass is 19.1. The Kier molecular flexibility index (Phi) is 3.52. The van der Waals surface area contributed by atoms with E-state index in [1.165, 1.54) is 12.1 Å². The third kappa shape index (κ3) is 2.61. The molecule has 130 valence electrons. The molecule has 1 aliphatic carbocycles. The first-order valence-electron chi connectivity index (χ1n) is 9.34. The summed E-state index contributed by atoms with van der Waals surface area (Å²) in [5.41, 5.74) is 2.35. The number of hydrogen-bond donors (Lipinski definition) is 1. The molecular formula is C20H22FN3O. The zero-order valence-electron chi connectivity index (χ0n) is 14.2. The van der Waals surface area contributed by atoms with Crippen molar-refractivity contribution in [1.29, 1.82) is 0 Å². The minimum absolute atomic E-state index is 0.0519. The SMILES string of the molecule is O=C(c1cc(C2CC2)nc2ccc(F)cc12)N1C2CCNCC1CC2. The molecule has 4 nitrogen and oxygen atoms in total. The maximum atomic E-state index is 13.9. The molecule has 0 spiro atoms. The molecule has 2 unspecified atom stereocenters. The first kappa shape index (κ1) is 15.3. The van der Waals surface area contributed by atoms with Gasteiger partial charge in [0.05, 0.1) is 11.1 Å². The number of halogens is 1. The summed E-state index contributed by atoms with van der Waals surface area (Å²) in [6.45, 7) is 1.82. The van der Waals surface area contributed by atoms with Crippen molar-refractivity contribution in [3.63, 3.8) is 0 Å². The highest BCUT2D eigenvalue weighted by Crippen LogP contribution is 2.41. The lowest BCUT2D eigenvalue weighted by Gasteiger charge is -2.28. The summed E-state index contributed by atoms with van der Waals surface area (Å²) in [5, 5.41) is 4.08. The van der Waals surface area contributed by atoms with E-state index in [1.807, 2.05) is 6.07 Å². The van der Waals surface area contributed by atoms with Gasteiger partial charge in [-0.25, -0.2) is 4.39 Å². The van der Waals surface area contributed by atoms with Gasteiger partial charge in [0.25, 0.3) is 5.91 Å². The van der Waals surface area contributed by atoms with Gasteiger partial charge in [0.2, 0.25) is 0 Å². The van der Waals surface area contributed by atoms with Gasteiger partial charge in [-0.3, -0.25) is 9.78 Å². The van der Waals surface area contributed by atoms with Crippen molar-refractivity contribution in [3.8, 4) is 0 Å². The fourth-order valence-electron chi connectivity index (χ4n) is 4.44. The van der Waals surface area contributed by atoms with Crippen LogP contribution in [-0.4, -0.2) is 41.0 Å². The van der Waals surface area contributed by atoms with Crippen LogP contribution in [-0.2, 0) is 0 Å². The van der Waals surface area contributed by atoms with Gasteiger partial charge in [-0.1, -0.05) is 0 Å². The van der Waals surface area contributed by atoms with Crippen molar-refractivity contribution in [3.05, 3.63) is 41.3 Å². The van der Waals surface area contributed by atoms with Crippen LogP contribution in [0, 0.1) is 5.82 Å². The normalized spacial score (nSPS) is 26.0. The van der Waals surface area contributed by atoms with Crippen LogP contribution in [0.15, 0.2) is 24.3 Å². The number of aromatic nitrogens is 1. The standard InChI is InChI=1S/C20H22FN3O/c21-13-3-6-18-16(9-13)17(10-19(23-18)12-1-2-12)20(25)24-14-4-5-15(24)11-22-8-7-14/h3,6,9-10,12,14-15,22H,1-2,4-5,7-8,11H2. The molecule has 2 bridgehead atoms. The van der Waals surface area contributed by atoms with Crippen LogP contribution in [0.25, 0.3) is 10.9 Å². The maximum Gasteiger partial charge on any atom is 0.255 e. The molecule has 2 saturated heterocycles. The number of pyridine rings is 1. The molecule has 1 saturated carbocycles. The summed E-state index contributed by atoms with van der Waals surface area (Å²) in [6, 6.07) is 7.07. The van der Waals surface area contributed by atoms with Crippen LogP contribution in [0.3, 0.4) is 0 Å². The molecule has 2 aliphatic heterocycles. The Labute approximate surface area is 146 Å². The number of fused-ring (bicyclic) bond motifs is 3. The Morgan fingerprint density at radius 2 is 1.96 bits per heavy atom. The van der Waals surface area contributed by atoms with E-state index in [9.17, 15) is 9.18 Å². The number of carbonyl (C=O) groups is 1. The van der Waals surface area contributed by atoms with E-state index in [0.717, 1.165) is 56.4 Å². The smallest absolute Gasteiger partial charge is 0.255 e. The Bertz CT molecular complexity index is 834. The van der Waals surface area contributed by atoms with E-state index in [-0.39, 0.29) is 17.8 Å². The van der Waals surface area contributed by atoms with Crippen LogP contribution >= 0.6 is 0 Å². The van der Waals surface area contributed by atoms with Gasteiger partial charge < -0.3 is 10.2 Å². The summed E-state index contributed by atoms with van der Waals surface area (Å²) >= 11 is 0. The van der Waals surface area contributed by atoms with Crippen molar-refractivity contribution >= 4 is 16.8 Å². The average Bonchev–Trinajstić information content (AvgIpc) is 3.38. The molecule has 1 amide bonds. The summed E-state index contributed by atoms with van der Waals surface area (Å²) in [4.78, 5) is 20.2. The topological polar surface area (TPSA) is 45.2 Å². The lowest BCUT2D eigenvalue weighted by Crippen LogP contribution is -2.42. The second kappa shape index (κ2) is 5.77. The molecule has 1 aromatic heterocycles. The van der Waals surface area contributed by atoms with E-state index < -0.39 is 0 Å². The number of amides is 1. The maximum absolute atomic E-state index is 13.9. The minimum atomic E-state index is -0.317. The summed E-state index contributed by atoms with van der Waals surface area (Å²) in [6.07, 6.45) is 5.38. The highest BCUT2D eigenvalue weighted by molar-refractivity contribution is 6.06. The van der Waals surface area contributed by atoms with Gasteiger partial charge in [0, 0.05) is 35.6 Å². The van der Waals surface area contributed by atoms with Crippen molar-refractivity contribution in [2.24, 2.45) is 0 Å². The van der Waals surface area contributed by atoms with Gasteiger partial charge in [0.1, 0.15) is 5.82 Å². The van der Waals surface area contributed by atoms with Gasteiger partial charge in [-0.05, 0) is 62.9 Å². The predicted octanol–water partition coefficient (Wildman–Crippen LogP) is 3.22. The quantitative estimate of drug-likeness (QED) is 0.914. The molecule has 2 aromatic rings. The molecule has 3 fully saturated rings. The molecule has 25 heavy (non-hydrogen) atoms. The first-order valence-corrected chi connectivity index (χ1v) is 9.34. The number of nitrogens with zero attached hydrogens (tertiary/aromatic N) is 2. The summed E-state index contributed by atoms with van der Waals surface area (Å²) < 4.78 is 13.9. The van der Waals surface area contributed by atoms with Gasteiger partial charge in [-0.15, -0.1) is 0 Å². The second-order valence-corrected chi connectivity index (χ2v) is 7.62. The first-order chi connectivity index (χ1) is 12.2. The van der Waals surface area contributed by atoms with Crippen LogP contribution in [0.5, 0.6) is 0 Å². The Hall–Kier alpha value is -2.01. The zero-order chi connectivity index (χ0) is 17.0. The average molecular weight is 339 g/mol. The third-order valence-corrected chi connectivity index (χ3v) is 5.91. The van der Waals surface area contributed by atoms with Crippen molar-refractivity contribution in [1.82, 2.24) is 15.2 Å². The molecule has 5 rings (SSSR count). The molecule has 1 aromatic carbocycles. The molecule has 2 atom stereocenters. The van der Waals surface area contributed by atoms with Crippen LogP contribution in [0.2, 0.25) is 0 Å². The number of benzene rings is 1. The second-order valence-electron chi connectivity index (χ2n) is 7.62. The highest BCUT2D eigenvalue weighted by Gasteiger charge is 2.39. The van der Waals surface area contributed by atoms with Gasteiger partial charge >= 0.3 is 0 Å². The number of nitrogens with one attached hydrogen (secondary N) is 1. The fraction of sp³-hybridized carbons (Fsp3) is 0.500. The Morgan fingerprint density at radius 1 is 1.12 bits per heavy atom. The third-order valence-electron chi connectivity index (χ3n) is 5.91. The van der Waals surface area contributed by atoms with E-state index in [1.54, 1.807) is 6.07 Å². The van der Waals surface area contributed by atoms with Gasteiger partial charge in [0.15, 0.2) is 0 Å². The minimum Gasteiger partial charge on any atom is -0.331 e. The number of hydrogen-bond acceptors (Lipinski definition) is 3. The Morgan fingerprint density at radius 3 is 2.80 bits per heavy atom. The van der Waals surface area contributed by atoms with Crippen LogP contribution in [0.4, 0.5) is 4.39 Å². The van der Waals surface area contributed by atoms with E-state index in [2.05, 4.69) is 15.2 Å². The van der Waals surface area contributed by atoms with Crippen LogP contribution in [0.1, 0.15) is 54.1 Å². The largest absolute Gasteiger partial charge is 0.331 e. The van der Waals surface area contributed by atoms with Crippen LogP contribution < -0.4 is 5.32 Å². The van der Waals surface area contributed by atoms with E-state index in [4.69, 9.17) is 0 Å². The Balaban J connectivity index is 1.63. The summed E-state index contributed by atoms with van der Waals surface area (Å²) in [7, 11) is 0. The molecule has 0 radical (unpaired) electrons. The fourth-order valence-corrected chi connectivity index (χ4v) is 4.44. The number of rotatable bonds is 2. The van der Waals surface area contributed by atoms with Crippen molar-refractivity contribution < 1.29 is 9.18 Å². The molecular weight excluding hydrogens is 317 g/mol. The van der Waals surface area contributed by atoms with E-state index >= 15 is 0 Å². The van der Waals surface area contributed by atoms with E-state index in [0.29, 0.717) is 22.9 Å². The zero-order valence-corrected chi connectivity index (χ0v) is 14.2. The molecule has 3 heterocycles. The van der Waals surface area contributed by atoms with Gasteiger partial charge in [-0.2, -0.15) is 0 Å². The number of carbonyl (C=O) groups excluding carboxylic acids is 1. The lowest BCUT2D eigenvalue weighted by molar-refractivity contribution is 0.0682. The van der Waals surface area contributed by atoms with Crippen molar-refractivity contribution in [2.75, 3.05) is 13.1 Å².